The van der Waals surface area contributed by atoms with Crippen LogP contribution in [0.15, 0.2) is 24.3 Å². The number of alkyl halides is 2. The molecule has 0 aromatic heterocycles. The first-order valence-electron chi connectivity index (χ1n) is 5.52. The molecule has 0 aliphatic rings. The Kier molecular flexibility index (Phi) is 5.23. The minimum atomic E-state index is -2.99. The fourth-order valence-electron chi connectivity index (χ4n) is 1.39. The molecule has 7 heteroatoms. The molecule has 1 rings (SSSR count). The number of carboxylic acid groups (broad SMARTS) is 1. The molecular weight excluding hydrogens is 260 g/mol. The smallest absolute Gasteiger partial charge is 0.387 e. The van der Waals surface area contributed by atoms with Crippen LogP contribution in [-0.2, 0) is 4.79 Å². The molecular formula is C12H13F2NO4. The van der Waals surface area contributed by atoms with Gasteiger partial charge in [0.15, 0.2) is 0 Å². The average molecular weight is 273 g/mol. The van der Waals surface area contributed by atoms with E-state index in [1.54, 1.807) is 6.92 Å². The monoisotopic (exact) mass is 273 g/mol. The molecule has 0 heterocycles. The second-order valence-electron chi connectivity index (χ2n) is 3.68. The number of hydrogen-bond acceptors (Lipinski definition) is 3. The van der Waals surface area contributed by atoms with Crippen molar-refractivity contribution in [2.75, 3.05) is 0 Å². The Balaban J connectivity index is 2.79. The predicted octanol–water partition coefficient (Wildman–Crippen LogP) is 1.88. The summed E-state index contributed by atoms with van der Waals surface area (Å²) in [6.07, 6.45) is 0.217. The van der Waals surface area contributed by atoms with E-state index in [1.807, 2.05) is 0 Å². The molecule has 104 valence electrons. The molecule has 0 aliphatic carbocycles. The molecule has 0 fully saturated rings. The second kappa shape index (κ2) is 6.67. The fourth-order valence-corrected chi connectivity index (χ4v) is 1.39. The molecule has 0 saturated carbocycles. The summed E-state index contributed by atoms with van der Waals surface area (Å²) in [6.45, 7) is -1.38. The SMILES string of the molecule is CC[C@@H](NC(=O)c1cccc(OC(F)F)c1)C(=O)O. The summed E-state index contributed by atoms with van der Waals surface area (Å²) in [6, 6.07) is 4.12. The maximum Gasteiger partial charge on any atom is 0.387 e. The van der Waals surface area contributed by atoms with Crippen molar-refractivity contribution in [3.05, 3.63) is 29.8 Å². The van der Waals surface area contributed by atoms with Crippen LogP contribution in [0.2, 0.25) is 0 Å². The number of rotatable bonds is 6. The maximum absolute atomic E-state index is 12.0. The van der Waals surface area contributed by atoms with E-state index in [1.165, 1.54) is 18.2 Å². The average Bonchev–Trinajstić information content (AvgIpc) is 2.34. The minimum absolute atomic E-state index is 0.0536. The first-order chi connectivity index (χ1) is 8.93. The molecule has 0 aliphatic heterocycles. The van der Waals surface area contributed by atoms with E-state index < -0.39 is 24.5 Å². The van der Waals surface area contributed by atoms with Crippen molar-refractivity contribution in [3.63, 3.8) is 0 Å². The van der Waals surface area contributed by atoms with E-state index in [9.17, 15) is 18.4 Å². The normalized spacial score (nSPS) is 12.0. The minimum Gasteiger partial charge on any atom is -0.480 e. The summed E-state index contributed by atoms with van der Waals surface area (Å²) in [5.74, 6) is -1.98. The number of nitrogens with one attached hydrogen (secondary N) is 1. The standard InChI is InChI=1S/C12H13F2NO4/c1-2-9(11(17)18)15-10(16)7-4-3-5-8(6-7)19-12(13)14/h3-6,9,12H,2H2,1H3,(H,15,16)(H,17,18)/t9-/m1/s1. The highest BCUT2D eigenvalue weighted by Crippen LogP contribution is 2.16. The van der Waals surface area contributed by atoms with Crippen molar-refractivity contribution in [2.24, 2.45) is 0 Å². The Morgan fingerprint density at radius 2 is 2.11 bits per heavy atom. The number of halogens is 2. The number of benzene rings is 1. The quantitative estimate of drug-likeness (QED) is 0.829. The van der Waals surface area contributed by atoms with Gasteiger partial charge in [0, 0.05) is 5.56 Å². The Bertz CT molecular complexity index is 465. The van der Waals surface area contributed by atoms with E-state index in [0.717, 1.165) is 6.07 Å². The Morgan fingerprint density at radius 1 is 1.42 bits per heavy atom. The van der Waals surface area contributed by atoms with Gasteiger partial charge in [-0.25, -0.2) is 4.79 Å². The summed E-state index contributed by atoms with van der Waals surface area (Å²) >= 11 is 0. The van der Waals surface area contributed by atoms with Crippen LogP contribution >= 0.6 is 0 Å². The summed E-state index contributed by atoms with van der Waals surface area (Å²) in [7, 11) is 0. The molecule has 0 bridgehead atoms. The van der Waals surface area contributed by atoms with Crippen LogP contribution in [0, 0.1) is 0 Å². The van der Waals surface area contributed by atoms with Crippen LogP contribution in [-0.4, -0.2) is 29.6 Å². The number of carbonyl (C=O) groups is 2. The van der Waals surface area contributed by atoms with E-state index in [2.05, 4.69) is 10.1 Å². The topological polar surface area (TPSA) is 75.6 Å². The third-order valence-corrected chi connectivity index (χ3v) is 2.33. The Morgan fingerprint density at radius 3 is 2.63 bits per heavy atom. The van der Waals surface area contributed by atoms with Crippen molar-refractivity contribution in [2.45, 2.75) is 26.0 Å². The van der Waals surface area contributed by atoms with Crippen molar-refractivity contribution < 1.29 is 28.2 Å². The lowest BCUT2D eigenvalue weighted by atomic mass is 10.1. The van der Waals surface area contributed by atoms with E-state index >= 15 is 0 Å². The van der Waals surface area contributed by atoms with Gasteiger partial charge in [0.25, 0.3) is 5.91 Å². The molecule has 0 saturated heterocycles. The lowest BCUT2D eigenvalue weighted by molar-refractivity contribution is -0.139. The van der Waals surface area contributed by atoms with E-state index in [4.69, 9.17) is 5.11 Å². The van der Waals surface area contributed by atoms with Crippen molar-refractivity contribution in [3.8, 4) is 5.75 Å². The molecule has 1 amide bonds. The highest BCUT2D eigenvalue weighted by Gasteiger charge is 2.18. The third-order valence-electron chi connectivity index (χ3n) is 2.33. The molecule has 0 spiro atoms. The molecule has 1 aromatic rings. The number of aliphatic carboxylic acids is 1. The Hall–Kier alpha value is -2.18. The first-order valence-corrected chi connectivity index (χ1v) is 5.52. The molecule has 1 atom stereocenters. The zero-order valence-corrected chi connectivity index (χ0v) is 10.1. The van der Waals surface area contributed by atoms with Crippen LogP contribution in [0.1, 0.15) is 23.7 Å². The molecule has 1 aromatic carbocycles. The number of amides is 1. The van der Waals surface area contributed by atoms with Gasteiger partial charge in [0.1, 0.15) is 11.8 Å². The molecule has 0 unspecified atom stereocenters. The fraction of sp³-hybridized carbons (Fsp3) is 0.333. The third kappa shape index (κ3) is 4.53. The highest BCUT2D eigenvalue weighted by atomic mass is 19.3. The zero-order valence-electron chi connectivity index (χ0n) is 10.1. The first kappa shape index (κ1) is 14.9. The van der Waals surface area contributed by atoms with Crippen LogP contribution in [0.4, 0.5) is 8.78 Å². The van der Waals surface area contributed by atoms with Gasteiger partial charge in [0.05, 0.1) is 0 Å². The van der Waals surface area contributed by atoms with Crippen LogP contribution in [0.5, 0.6) is 5.75 Å². The van der Waals surface area contributed by atoms with Gasteiger partial charge in [-0.3, -0.25) is 4.79 Å². The van der Waals surface area contributed by atoms with E-state index in [-0.39, 0.29) is 17.7 Å². The largest absolute Gasteiger partial charge is 0.480 e. The zero-order chi connectivity index (χ0) is 14.4. The molecule has 5 nitrogen and oxygen atoms in total. The number of hydrogen-bond donors (Lipinski definition) is 2. The van der Waals surface area contributed by atoms with Gasteiger partial charge in [0.2, 0.25) is 0 Å². The maximum atomic E-state index is 12.0. The molecule has 2 N–H and O–H groups in total. The molecule has 19 heavy (non-hydrogen) atoms. The number of carbonyl (C=O) groups excluding carboxylic acids is 1. The van der Waals surface area contributed by atoms with Crippen molar-refractivity contribution >= 4 is 11.9 Å². The lowest BCUT2D eigenvalue weighted by Gasteiger charge is -2.12. The molecule has 0 radical (unpaired) electrons. The predicted molar refractivity (Wildman–Crippen MR) is 62.3 cm³/mol. The van der Waals surface area contributed by atoms with Crippen LogP contribution < -0.4 is 10.1 Å². The van der Waals surface area contributed by atoms with E-state index in [0.29, 0.717) is 0 Å². The van der Waals surface area contributed by atoms with Crippen LogP contribution in [0.25, 0.3) is 0 Å². The Labute approximate surface area is 108 Å². The van der Waals surface area contributed by atoms with Gasteiger partial charge < -0.3 is 15.2 Å². The van der Waals surface area contributed by atoms with Crippen molar-refractivity contribution in [1.29, 1.82) is 0 Å². The highest BCUT2D eigenvalue weighted by molar-refractivity contribution is 5.96. The summed E-state index contributed by atoms with van der Waals surface area (Å²) in [5.41, 5.74) is 0.0536. The van der Waals surface area contributed by atoms with Gasteiger partial charge in [-0.2, -0.15) is 8.78 Å². The van der Waals surface area contributed by atoms with Crippen molar-refractivity contribution in [1.82, 2.24) is 5.32 Å². The number of carboxylic acids is 1. The lowest BCUT2D eigenvalue weighted by Crippen LogP contribution is -2.40. The number of ether oxygens (including phenoxy) is 1. The van der Waals surface area contributed by atoms with Crippen LogP contribution in [0.3, 0.4) is 0 Å². The van der Waals surface area contributed by atoms with Gasteiger partial charge in [-0.15, -0.1) is 0 Å². The summed E-state index contributed by atoms with van der Waals surface area (Å²) < 4.78 is 28.2. The summed E-state index contributed by atoms with van der Waals surface area (Å²) in [4.78, 5) is 22.5. The van der Waals surface area contributed by atoms with Gasteiger partial charge in [-0.05, 0) is 24.6 Å². The second-order valence-corrected chi connectivity index (χ2v) is 3.68. The van der Waals surface area contributed by atoms with Gasteiger partial charge >= 0.3 is 12.6 Å². The summed E-state index contributed by atoms with van der Waals surface area (Å²) in [5, 5.41) is 11.1. The van der Waals surface area contributed by atoms with Gasteiger partial charge in [-0.1, -0.05) is 13.0 Å².